The van der Waals surface area contributed by atoms with Gasteiger partial charge in [-0.2, -0.15) is 4.68 Å². The Hall–Kier alpha value is -2.18. The molecule has 0 aliphatic carbocycles. The number of hydrogen-bond acceptors (Lipinski definition) is 4. The van der Waals surface area contributed by atoms with E-state index < -0.39 is 10.9 Å². The summed E-state index contributed by atoms with van der Waals surface area (Å²) in [5, 5.41) is 22.1. The van der Waals surface area contributed by atoms with Crippen molar-refractivity contribution in [2.45, 2.75) is 6.54 Å². The van der Waals surface area contributed by atoms with Crippen LogP contribution in [-0.4, -0.2) is 25.8 Å². The van der Waals surface area contributed by atoms with E-state index >= 15 is 0 Å². The van der Waals surface area contributed by atoms with Crippen molar-refractivity contribution in [2.24, 2.45) is 0 Å². The average Bonchev–Trinajstić information content (AvgIpc) is 2.52. The molecule has 7 nitrogen and oxygen atoms in total. The lowest BCUT2D eigenvalue weighted by atomic mass is 10.5. The maximum Gasteiger partial charge on any atom is 0.389 e. The van der Waals surface area contributed by atoms with Crippen molar-refractivity contribution in [2.75, 3.05) is 0 Å². The quantitative estimate of drug-likeness (QED) is 0.428. The minimum atomic E-state index is -1.06. The summed E-state index contributed by atoms with van der Waals surface area (Å²) in [6, 6.07) is 1.24. The Bertz CT molecular complexity index is 382. The van der Waals surface area contributed by atoms with E-state index in [1.54, 1.807) is 0 Å². The fraction of sp³-hybridized carbons (Fsp3) is 0.143. The zero-order chi connectivity index (χ0) is 10.6. The van der Waals surface area contributed by atoms with Crippen LogP contribution in [-0.2, 0) is 11.3 Å². The summed E-state index contributed by atoms with van der Waals surface area (Å²) >= 11 is 0. The van der Waals surface area contributed by atoms with Gasteiger partial charge in [-0.15, -0.1) is 0 Å². The van der Waals surface area contributed by atoms with Crippen molar-refractivity contribution >= 4 is 11.8 Å². The molecular formula is C7H7N3O4. The van der Waals surface area contributed by atoms with Gasteiger partial charge in [-0.3, -0.25) is 0 Å². The Kier molecular flexibility index (Phi) is 2.95. The third-order valence-corrected chi connectivity index (χ3v) is 1.37. The lowest BCUT2D eigenvalue weighted by Gasteiger charge is -1.87. The standard InChI is InChI=1S/C7H7N3O4/c11-7(12)2-1-4-9-5-3-6(8-9)10(13)14/h1-3,5H,4H2,(H,11,12)/b2-1+. The van der Waals surface area contributed by atoms with Gasteiger partial charge in [0.05, 0.1) is 23.9 Å². The molecule has 0 spiro atoms. The normalized spacial score (nSPS) is 10.6. The van der Waals surface area contributed by atoms with Gasteiger partial charge in [-0.1, -0.05) is 6.08 Å². The van der Waals surface area contributed by atoms with Crippen LogP contribution in [0, 0.1) is 10.1 Å². The number of allylic oxidation sites excluding steroid dienone is 1. The Morgan fingerprint density at radius 2 is 2.50 bits per heavy atom. The molecule has 0 fully saturated rings. The highest BCUT2D eigenvalue weighted by Crippen LogP contribution is 2.04. The molecule has 74 valence electrons. The first-order valence-corrected chi connectivity index (χ1v) is 3.67. The first-order valence-electron chi connectivity index (χ1n) is 3.67. The summed E-state index contributed by atoms with van der Waals surface area (Å²) in [5.41, 5.74) is 0. The van der Waals surface area contributed by atoms with Gasteiger partial charge in [0.1, 0.15) is 0 Å². The highest BCUT2D eigenvalue weighted by Gasteiger charge is 2.08. The van der Waals surface area contributed by atoms with E-state index in [9.17, 15) is 14.9 Å². The second kappa shape index (κ2) is 4.17. The third-order valence-electron chi connectivity index (χ3n) is 1.37. The van der Waals surface area contributed by atoms with E-state index in [-0.39, 0.29) is 12.4 Å². The number of carboxylic acid groups (broad SMARTS) is 1. The fourth-order valence-corrected chi connectivity index (χ4v) is 0.812. The molecule has 0 amide bonds. The average molecular weight is 197 g/mol. The van der Waals surface area contributed by atoms with Crippen LogP contribution in [0.3, 0.4) is 0 Å². The fourth-order valence-electron chi connectivity index (χ4n) is 0.812. The van der Waals surface area contributed by atoms with E-state index in [0.29, 0.717) is 0 Å². The summed E-state index contributed by atoms with van der Waals surface area (Å²) in [7, 11) is 0. The molecule has 1 aromatic rings. The molecule has 7 heteroatoms. The molecule has 1 rings (SSSR count). The van der Waals surface area contributed by atoms with Gasteiger partial charge >= 0.3 is 11.8 Å². The predicted octanol–water partition coefficient (Wildman–Crippen LogP) is 0.432. The molecule has 0 aliphatic heterocycles. The Morgan fingerprint density at radius 1 is 1.79 bits per heavy atom. The van der Waals surface area contributed by atoms with Crippen LogP contribution in [0.2, 0.25) is 0 Å². The zero-order valence-corrected chi connectivity index (χ0v) is 7.03. The molecule has 0 radical (unpaired) electrons. The van der Waals surface area contributed by atoms with E-state index in [4.69, 9.17) is 5.11 Å². The molecule has 0 atom stereocenters. The van der Waals surface area contributed by atoms with Crippen molar-refractivity contribution in [3.8, 4) is 0 Å². The summed E-state index contributed by atoms with van der Waals surface area (Å²) < 4.78 is 1.28. The van der Waals surface area contributed by atoms with Crippen LogP contribution in [0.15, 0.2) is 24.4 Å². The van der Waals surface area contributed by atoms with Crippen LogP contribution in [0.1, 0.15) is 0 Å². The second-order valence-corrected chi connectivity index (χ2v) is 2.39. The summed E-state index contributed by atoms with van der Waals surface area (Å²) in [4.78, 5) is 19.7. The minimum absolute atomic E-state index is 0.195. The number of carbonyl (C=O) groups is 1. The maximum absolute atomic E-state index is 10.2. The molecule has 1 N–H and O–H groups in total. The first kappa shape index (κ1) is 9.90. The zero-order valence-electron chi connectivity index (χ0n) is 7.03. The highest BCUT2D eigenvalue weighted by atomic mass is 16.6. The molecule has 1 heterocycles. The Morgan fingerprint density at radius 3 is 3.00 bits per heavy atom. The number of aliphatic carboxylic acids is 1. The number of rotatable bonds is 4. The second-order valence-electron chi connectivity index (χ2n) is 2.39. The van der Waals surface area contributed by atoms with Gasteiger partial charge in [0, 0.05) is 6.08 Å². The molecule has 0 saturated heterocycles. The van der Waals surface area contributed by atoms with Crippen molar-refractivity contribution in [3.05, 3.63) is 34.5 Å². The van der Waals surface area contributed by atoms with E-state index in [0.717, 1.165) is 6.08 Å². The predicted molar refractivity (Wildman–Crippen MR) is 45.7 cm³/mol. The third kappa shape index (κ3) is 2.70. The molecule has 0 unspecified atom stereocenters. The van der Waals surface area contributed by atoms with Gasteiger partial charge in [-0.25, -0.2) is 4.79 Å². The van der Waals surface area contributed by atoms with Gasteiger partial charge in [0.2, 0.25) is 0 Å². The van der Waals surface area contributed by atoms with Gasteiger partial charge in [0.25, 0.3) is 0 Å². The number of nitro groups is 1. The topological polar surface area (TPSA) is 98.3 Å². The largest absolute Gasteiger partial charge is 0.478 e. The number of nitrogens with zero attached hydrogens (tertiary/aromatic N) is 3. The molecule has 0 bridgehead atoms. The molecular weight excluding hydrogens is 190 g/mol. The highest BCUT2D eigenvalue weighted by molar-refractivity contribution is 5.79. The summed E-state index contributed by atoms with van der Waals surface area (Å²) in [6.45, 7) is 0.195. The van der Waals surface area contributed by atoms with Gasteiger partial charge < -0.3 is 15.2 Å². The van der Waals surface area contributed by atoms with Crippen LogP contribution in [0.4, 0.5) is 5.82 Å². The smallest absolute Gasteiger partial charge is 0.389 e. The SMILES string of the molecule is O=C(O)/C=C/Cn1ccc([N+](=O)[O-])n1. The van der Waals surface area contributed by atoms with Crippen LogP contribution in [0.5, 0.6) is 0 Å². The lowest BCUT2D eigenvalue weighted by molar-refractivity contribution is -0.389. The lowest BCUT2D eigenvalue weighted by Crippen LogP contribution is -1.98. The van der Waals surface area contributed by atoms with Crippen molar-refractivity contribution < 1.29 is 14.8 Å². The summed E-state index contributed by atoms with van der Waals surface area (Å²) in [6.07, 6.45) is 3.71. The first-order chi connectivity index (χ1) is 6.59. The van der Waals surface area contributed by atoms with Gasteiger partial charge in [0.15, 0.2) is 0 Å². The molecule has 1 aromatic heterocycles. The molecule has 14 heavy (non-hydrogen) atoms. The van der Waals surface area contributed by atoms with Crippen molar-refractivity contribution in [3.63, 3.8) is 0 Å². The minimum Gasteiger partial charge on any atom is -0.478 e. The van der Waals surface area contributed by atoms with Crippen LogP contribution < -0.4 is 0 Å². The van der Waals surface area contributed by atoms with E-state index in [1.807, 2.05) is 0 Å². The van der Waals surface area contributed by atoms with Crippen molar-refractivity contribution in [1.82, 2.24) is 9.78 Å². The van der Waals surface area contributed by atoms with E-state index in [1.165, 1.54) is 23.0 Å². The van der Waals surface area contributed by atoms with E-state index in [2.05, 4.69) is 5.10 Å². The molecule has 0 aromatic carbocycles. The monoisotopic (exact) mass is 197 g/mol. The van der Waals surface area contributed by atoms with Crippen LogP contribution in [0.25, 0.3) is 0 Å². The van der Waals surface area contributed by atoms with Crippen LogP contribution >= 0.6 is 0 Å². The maximum atomic E-state index is 10.2. The number of aromatic nitrogens is 2. The summed E-state index contributed by atoms with van der Waals surface area (Å²) in [5.74, 6) is -1.32. The van der Waals surface area contributed by atoms with Gasteiger partial charge in [-0.05, 0) is 4.92 Å². The molecule has 0 aliphatic rings. The number of hydrogen-bond donors (Lipinski definition) is 1. The molecule has 0 saturated carbocycles. The number of carboxylic acids is 1. The Balaban J connectivity index is 2.60. The Labute approximate surface area is 78.4 Å². The van der Waals surface area contributed by atoms with Crippen molar-refractivity contribution in [1.29, 1.82) is 0 Å².